The van der Waals surface area contributed by atoms with Crippen molar-refractivity contribution in [2.24, 2.45) is 0 Å². The predicted molar refractivity (Wildman–Crippen MR) is 69.6 cm³/mol. The van der Waals surface area contributed by atoms with Crippen molar-refractivity contribution in [3.05, 3.63) is 34.3 Å². The predicted octanol–water partition coefficient (Wildman–Crippen LogP) is 4.16. The topological polar surface area (TPSA) is 31.4 Å². The third-order valence-corrected chi connectivity index (χ3v) is 3.33. The molecule has 0 bridgehead atoms. The Morgan fingerprint density at radius 1 is 1.35 bits per heavy atom. The van der Waals surface area contributed by atoms with Gasteiger partial charge in [-0.3, -0.25) is 0 Å². The smallest absolute Gasteiger partial charge is 0.280 e. The molecule has 2 aromatic rings. The molecule has 1 heterocycles. The molecule has 3 nitrogen and oxygen atoms in total. The lowest BCUT2D eigenvalue weighted by atomic mass is 10.1. The molecule has 0 spiro atoms. The lowest BCUT2D eigenvalue weighted by Crippen LogP contribution is -1.91. The Morgan fingerprint density at radius 2 is 2.18 bits per heavy atom. The fourth-order valence-corrected chi connectivity index (χ4v) is 2.20. The van der Waals surface area contributed by atoms with Crippen LogP contribution in [0.15, 0.2) is 23.6 Å². The van der Waals surface area contributed by atoms with E-state index in [0.29, 0.717) is 21.8 Å². The summed E-state index contributed by atoms with van der Waals surface area (Å²) in [5.41, 5.74) is 1.20. The Labute approximate surface area is 109 Å². The summed E-state index contributed by atoms with van der Waals surface area (Å²) in [5, 5.41) is 2.68. The lowest BCUT2D eigenvalue weighted by Gasteiger charge is -2.09. The third-order valence-electron chi connectivity index (χ3n) is 2.29. The zero-order valence-corrected chi connectivity index (χ0v) is 11.1. The maximum Gasteiger partial charge on any atom is 0.280 e. The van der Waals surface area contributed by atoms with Crippen LogP contribution in [0.25, 0.3) is 0 Å². The fraction of sp³-hybridized carbons (Fsp3) is 0.250. The molecule has 2 rings (SSSR count). The van der Waals surface area contributed by atoms with Gasteiger partial charge in [0.2, 0.25) is 0 Å². The van der Waals surface area contributed by atoms with Gasteiger partial charge >= 0.3 is 0 Å². The quantitative estimate of drug-likeness (QED) is 0.835. The highest BCUT2D eigenvalue weighted by molar-refractivity contribution is 7.11. The number of aryl methyl sites for hydroxylation is 1. The van der Waals surface area contributed by atoms with E-state index >= 15 is 0 Å². The fourth-order valence-electron chi connectivity index (χ4n) is 1.40. The van der Waals surface area contributed by atoms with Gasteiger partial charge in [0.1, 0.15) is 5.15 Å². The molecule has 0 amide bonds. The van der Waals surface area contributed by atoms with Gasteiger partial charge in [0.25, 0.3) is 5.19 Å². The molecule has 0 aliphatic rings. The maximum absolute atomic E-state index is 5.74. The Balaban J connectivity index is 2.26. The number of ether oxygens (including phenoxy) is 2. The number of aromatic nitrogens is 1. The number of halogens is 1. The van der Waals surface area contributed by atoms with Crippen molar-refractivity contribution in [1.82, 2.24) is 4.98 Å². The van der Waals surface area contributed by atoms with E-state index in [1.807, 2.05) is 18.2 Å². The number of benzene rings is 1. The Bertz CT molecular complexity index is 513. The van der Waals surface area contributed by atoms with E-state index in [0.717, 1.165) is 6.42 Å². The average molecular weight is 270 g/mol. The average Bonchev–Trinajstić information content (AvgIpc) is 2.75. The Kier molecular flexibility index (Phi) is 3.86. The lowest BCUT2D eigenvalue weighted by molar-refractivity contribution is 0.377. The highest BCUT2D eigenvalue weighted by Crippen LogP contribution is 2.34. The van der Waals surface area contributed by atoms with Gasteiger partial charge in [0.15, 0.2) is 11.5 Å². The first-order valence-electron chi connectivity index (χ1n) is 5.18. The molecule has 0 unspecified atom stereocenters. The van der Waals surface area contributed by atoms with Crippen LogP contribution in [0.2, 0.25) is 5.15 Å². The Hall–Kier alpha value is -1.26. The van der Waals surface area contributed by atoms with Crippen molar-refractivity contribution >= 4 is 22.9 Å². The molecule has 5 heteroatoms. The molecular weight excluding hydrogens is 258 g/mol. The molecule has 0 fully saturated rings. The van der Waals surface area contributed by atoms with E-state index in [9.17, 15) is 0 Å². The first-order valence-corrected chi connectivity index (χ1v) is 6.44. The van der Waals surface area contributed by atoms with Crippen molar-refractivity contribution in [3.8, 4) is 16.7 Å². The third kappa shape index (κ3) is 2.90. The molecule has 0 N–H and O–H groups in total. The second kappa shape index (κ2) is 5.38. The molecule has 0 aliphatic carbocycles. The first kappa shape index (κ1) is 12.2. The largest absolute Gasteiger partial charge is 0.493 e. The summed E-state index contributed by atoms with van der Waals surface area (Å²) in [6.07, 6.45) is 0.958. The van der Waals surface area contributed by atoms with Crippen LogP contribution in [-0.2, 0) is 6.42 Å². The van der Waals surface area contributed by atoms with Crippen LogP contribution in [-0.4, -0.2) is 12.1 Å². The van der Waals surface area contributed by atoms with Crippen molar-refractivity contribution < 1.29 is 9.47 Å². The standard InChI is InChI=1S/C12H12ClNO2S/c1-3-8-4-5-9(10(6-8)15-2)16-12-14-11(13)7-17-12/h4-7H,3H2,1-2H3. The summed E-state index contributed by atoms with van der Waals surface area (Å²) < 4.78 is 10.9. The van der Waals surface area contributed by atoms with E-state index < -0.39 is 0 Å². The van der Waals surface area contributed by atoms with Gasteiger partial charge in [-0.15, -0.1) is 0 Å². The van der Waals surface area contributed by atoms with Crippen molar-refractivity contribution in [2.45, 2.75) is 13.3 Å². The van der Waals surface area contributed by atoms with Gasteiger partial charge < -0.3 is 9.47 Å². The van der Waals surface area contributed by atoms with Gasteiger partial charge in [0.05, 0.1) is 7.11 Å². The van der Waals surface area contributed by atoms with Gasteiger partial charge in [-0.05, 0) is 24.1 Å². The van der Waals surface area contributed by atoms with Crippen LogP contribution in [0.4, 0.5) is 0 Å². The van der Waals surface area contributed by atoms with Gasteiger partial charge in [0, 0.05) is 5.38 Å². The zero-order valence-electron chi connectivity index (χ0n) is 9.57. The van der Waals surface area contributed by atoms with Crippen LogP contribution in [0.1, 0.15) is 12.5 Å². The first-order chi connectivity index (χ1) is 8.22. The second-order valence-corrected chi connectivity index (χ2v) is 4.58. The van der Waals surface area contributed by atoms with Crippen LogP contribution < -0.4 is 9.47 Å². The highest BCUT2D eigenvalue weighted by Gasteiger charge is 2.08. The molecule has 90 valence electrons. The molecule has 0 radical (unpaired) electrons. The number of thiazole rings is 1. The van der Waals surface area contributed by atoms with Crippen molar-refractivity contribution in [1.29, 1.82) is 0 Å². The van der Waals surface area contributed by atoms with E-state index in [1.165, 1.54) is 16.9 Å². The minimum Gasteiger partial charge on any atom is -0.493 e. The minimum atomic E-state index is 0.439. The minimum absolute atomic E-state index is 0.439. The molecule has 17 heavy (non-hydrogen) atoms. The van der Waals surface area contributed by atoms with E-state index in [-0.39, 0.29) is 0 Å². The molecular formula is C12H12ClNO2S. The highest BCUT2D eigenvalue weighted by atomic mass is 35.5. The number of hydrogen-bond donors (Lipinski definition) is 0. The van der Waals surface area contributed by atoms with Gasteiger partial charge in [-0.1, -0.05) is 35.9 Å². The molecule has 0 aliphatic heterocycles. The monoisotopic (exact) mass is 269 g/mol. The number of nitrogens with zero attached hydrogens (tertiary/aromatic N) is 1. The van der Waals surface area contributed by atoms with Crippen molar-refractivity contribution in [3.63, 3.8) is 0 Å². The second-order valence-electron chi connectivity index (χ2n) is 3.38. The van der Waals surface area contributed by atoms with Crippen LogP contribution in [0, 0.1) is 0 Å². The van der Waals surface area contributed by atoms with Crippen molar-refractivity contribution in [2.75, 3.05) is 7.11 Å². The normalized spacial score (nSPS) is 10.3. The van der Waals surface area contributed by atoms with E-state index in [2.05, 4.69) is 11.9 Å². The van der Waals surface area contributed by atoms with Gasteiger partial charge in [-0.2, -0.15) is 4.98 Å². The van der Waals surface area contributed by atoms with Crippen LogP contribution >= 0.6 is 22.9 Å². The van der Waals surface area contributed by atoms with Crippen LogP contribution in [0.5, 0.6) is 16.7 Å². The number of methoxy groups -OCH3 is 1. The number of rotatable bonds is 4. The van der Waals surface area contributed by atoms with E-state index in [4.69, 9.17) is 21.1 Å². The van der Waals surface area contributed by atoms with E-state index in [1.54, 1.807) is 12.5 Å². The van der Waals surface area contributed by atoms with Crippen LogP contribution in [0.3, 0.4) is 0 Å². The maximum atomic E-state index is 5.74. The summed E-state index contributed by atoms with van der Waals surface area (Å²) >= 11 is 7.09. The zero-order chi connectivity index (χ0) is 12.3. The number of hydrogen-bond acceptors (Lipinski definition) is 4. The summed E-state index contributed by atoms with van der Waals surface area (Å²) in [6, 6.07) is 5.85. The Morgan fingerprint density at radius 3 is 2.76 bits per heavy atom. The summed E-state index contributed by atoms with van der Waals surface area (Å²) in [5.74, 6) is 1.35. The summed E-state index contributed by atoms with van der Waals surface area (Å²) in [7, 11) is 1.62. The molecule has 1 aromatic heterocycles. The molecule has 0 atom stereocenters. The molecule has 0 saturated heterocycles. The summed E-state index contributed by atoms with van der Waals surface area (Å²) in [4.78, 5) is 4.03. The molecule has 1 aromatic carbocycles. The van der Waals surface area contributed by atoms with Gasteiger partial charge in [-0.25, -0.2) is 0 Å². The summed E-state index contributed by atoms with van der Waals surface area (Å²) in [6.45, 7) is 2.09. The molecule has 0 saturated carbocycles. The SMILES string of the molecule is CCc1ccc(Oc2nc(Cl)cs2)c(OC)c1.